The second-order valence-corrected chi connectivity index (χ2v) is 22.6. The molecule has 4 rings (SSSR count). The number of hydrogen-bond donors (Lipinski definition) is 13. The van der Waals surface area contributed by atoms with Crippen molar-refractivity contribution in [3.63, 3.8) is 0 Å². The van der Waals surface area contributed by atoms with Crippen LogP contribution in [-0.2, 0) is 60.8 Å². The highest BCUT2D eigenvalue weighted by molar-refractivity contribution is 8.76. The smallest absolute Gasteiger partial charge is 0.244 e. The quantitative estimate of drug-likeness (QED) is 0.0402. The molecule has 10 amide bonds. The van der Waals surface area contributed by atoms with Gasteiger partial charge in [0.1, 0.15) is 48.3 Å². The second-order valence-electron chi connectivity index (χ2n) is 20.1. The first-order valence-corrected chi connectivity index (χ1v) is 29.5. The molecular weight excluding hydrogens is 1050 g/mol. The van der Waals surface area contributed by atoms with E-state index >= 15 is 0 Å². The molecule has 16 N–H and O–H groups in total. The van der Waals surface area contributed by atoms with Gasteiger partial charge >= 0.3 is 0 Å². The molecule has 2 heterocycles. The van der Waals surface area contributed by atoms with Crippen LogP contribution in [0.3, 0.4) is 0 Å². The Morgan fingerprint density at radius 1 is 0.646 bits per heavy atom. The van der Waals surface area contributed by atoms with Crippen molar-refractivity contribution < 1.29 is 47.9 Å². The standard InChI is InChI=1S/C54H81N13O10S2/c1-32(2)26-42-50(73)67-46(54(77)65-43(27-35-16-6-5-7-17-35)51(74)61-39(47(57)70)20-10-13-23-55)31-79-78-30-45(60-34(4)69)53(76)66-44(28-36-29-59-38-19-9-8-18-37(36)38)52(75)63-41(22-12-15-25-58-33(3)68)48(71)62-40(49(72)64-42)21-11-14-24-56/h5-9,16-19,29,32,39-46,59H,10-15,20-28,30-31,55-56H2,1-4H3,(H2,57,70)(H,58,68)(H,60,69)(H,61,74)(H,62,71)(H,63,75)(H,64,72)(H,65,77)(H,66,76)(H,67,73)/t39-,40-,41-,42-,43-,44-,45-,46-/m0/s1. The summed E-state index contributed by atoms with van der Waals surface area (Å²) in [6.07, 6.45) is 4.79. The van der Waals surface area contributed by atoms with E-state index in [1.807, 2.05) is 38.1 Å². The molecule has 1 aliphatic heterocycles. The number of unbranched alkanes of at least 4 members (excludes halogenated alkanes) is 3. The lowest BCUT2D eigenvalue weighted by Gasteiger charge is -2.29. The van der Waals surface area contributed by atoms with Crippen LogP contribution in [-0.4, -0.2) is 144 Å². The van der Waals surface area contributed by atoms with Gasteiger partial charge in [-0.2, -0.15) is 0 Å². The molecule has 1 fully saturated rings. The highest BCUT2D eigenvalue weighted by Gasteiger charge is 2.36. The SMILES string of the molecule is CC(=O)NCCCC[C@@H]1NC(=O)[C@H](Cc2c[nH]c3ccccc23)NC(=O)[C@@H](NC(C)=O)CSSC[C@@H](C(=O)N[C@@H](Cc2ccccc2)C(=O)N[C@@H](CCCCN)C(N)=O)NC(=O)[C@H](CC(C)C)NC(=O)[C@H](CCCCN)NC1=O. The lowest BCUT2D eigenvalue weighted by atomic mass is 10.0. The zero-order chi connectivity index (χ0) is 57.9. The van der Waals surface area contributed by atoms with Gasteiger partial charge in [0.05, 0.1) is 0 Å². The molecule has 1 aliphatic rings. The van der Waals surface area contributed by atoms with Gasteiger partial charge in [-0.15, -0.1) is 0 Å². The molecule has 0 saturated carbocycles. The van der Waals surface area contributed by atoms with E-state index in [0.717, 1.165) is 32.5 Å². The number of carbonyl (C=O) groups excluding carboxylic acids is 10. The first-order chi connectivity index (χ1) is 37.8. The number of nitrogens with two attached hydrogens (primary N) is 3. The Balaban J connectivity index is 1.79. The summed E-state index contributed by atoms with van der Waals surface area (Å²) in [5, 5.41) is 25.7. The average molecular weight is 1140 g/mol. The number of benzene rings is 2. The molecule has 434 valence electrons. The van der Waals surface area contributed by atoms with E-state index in [1.54, 1.807) is 36.5 Å². The second kappa shape index (κ2) is 34.3. The van der Waals surface area contributed by atoms with Gasteiger partial charge in [-0.25, -0.2) is 0 Å². The number of H-pyrrole nitrogens is 1. The normalized spacial score (nSPS) is 20.8. The summed E-state index contributed by atoms with van der Waals surface area (Å²) < 4.78 is 0. The molecule has 0 bridgehead atoms. The lowest BCUT2D eigenvalue weighted by molar-refractivity contribution is -0.136. The van der Waals surface area contributed by atoms with Gasteiger partial charge < -0.3 is 70.0 Å². The van der Waals surface area contributed by atoms with Crippen molar-refractivity contribution in [2.45, 2.75) is 153 Å². The summed E-state index contributed by atoms with van der Waals surface area (Å²) >= 11 is 0. The maximum atomic E-state index is 14.7. The molecule has 79 heavy (non-hydrogen) atoms. The molecule has 25 heteroatoms. The maximum Gasteiger partial charge on any atom is 0.244 e. The van der Waals surface area contributed by atoms with Crippen molar-refractivity contribution in [2.24, 2.45) is 23.1 Å². The van der Waals surface area contributed by atoms with E-state index in [9.17, 15) is 47.9 Å². The molecule has 0 radical (unpaired) electrons. The Bertz CT molecular complexity index is 2520. The van der Waals surface area contributed by atoms with E-state index < -0.39 is 101 Å². The molecule has 23 nitrogen and oxygen atoms in total. The molecule has 8 atom stereocenters. The lowest BCUT2D eigenvalue weighted by Crippen LogP contribution is -2.61. The van der Waals surface area contributed by atoms with Crippen LogP contribution in [0.15, 0.2) is 60.8 Å². The third kappa shape index (κ3) is 22.9. The third-order valence-electron chi connectivity index (χ3n) is 13.0. The molecule has 0 aliphatic carbocycles. The van der Waals surface area contributed by atoms with Gasteiger partial charge in [0.25, 0.3) is 0 Å². The minimum atomic E-state index is -1.39. The number of carbonyl (C=O) groups is 10. The summed E-state index contributed by atoms with van der Waals surface area (Å²) in [5.41, 5.74) is 19.3. The molecule has 0 unspecified atom stereocenters. The fourth-order valence-electron chi connectivity index (χ4n) is 8.79. The number of primary amides is 1. The fourth-order valence-corrected chi connectivity index (χ4v) is 11.1. The first kappa shape index (κ1) is 64.8. The number of nitrogens with one attached hydrogen (secondary N) is 10. The zero-order valence-electron chi connectivity index (χ0n) is 45.6. The number of fused-ring (bicyclic) bond motifs is 1. The van der Waals surface area contributed by atoms with Crippen molar-refractivity contribution in [2.75, 3.05) is 31.1 Å². The van der Waals surface area contributed by atoms with Crippen LogP contribution in [0.25, 0.3) is 10.9 Å². The number of hydrogen-bond acceptors (Lipinski definition) is 14. The fraction of sp³-hybridized carbons (Fsp3) is 0.556. The molecule has 0 spiro atoms. The number of rotatable bonds is 25. The minimum absolute atomic E-state index is 0.0245. The van der Waals surface area contributed by atoms with Crippen LogP contribution in [0.4, 0.5) is 0 Å². The molecular formula is C54H81N13O10S2. The van der Waals surface area contributed by atoms with Crippen molar-refractivity contribution in [3.8, 4) is 0 Å². The predicted octanol–water partition coefficient (Wildman–Crippen LogP) is 0.342. The van der Waals surface area contributed by atoms with Crippen LogP contribution >= 0.6 is 21.6 Å². The monoisotopic (exact) mass is 1140 g/mol. The topological polar surface area (TPSA) is 373 Å². The summed E-state index contributed by atoms with van der Waals surface area (Å²) in [4.78, 5) is 141. The van der Waals surface area contributed by atoms with Crippen molar-refractivity contribution in [1.29, 1.82) is 0 Å². The highest BCUT2D eigenvalue weighted by atomic mass is 33.1. The Hall–Kier alpha value is -6.70. The summed E-state index contributed by atoms with van der Waals surface area (Å²) in [6.45, 7) is 7.22. The van der Waals surface area contributed by atoms with Crippen molar-refractivity contribution in [1.82, 2.24) is 52.8 Å². The number of amides is 10. The van der Waals surface area contributed by atoms with E-state index in [4.69, 9.17) is 17.2 Å². The molecule has 1 saturated heterocycles. The van der Waals surface area contributed by atoms with E-state index in [2.05, 4.69) is 52.8 Å². The van der Waals surface area contributed by atoms with Gasteiger partial charge in [-0.05, 0) is 100 Å². The number of aromatic nitrogens is 1. The van der Waals surface area contributed by atoms with Gasteiger partial charge in [0, 0.05) is 61.8 Å². The van der Waals surface area contributed by atoms with E-state index in [-0.39, 0.29) is 68.4 Å². The summed E-state index contributed by atoms with van der Waals surface area (Å²) in [7, 11) is 2.15. The Kier molecular flexibility index (Phi) is 28.2. The largest absolute Gasteiger partial charge is 0.368 e. The molecule has 1 aromatic heterocycles. The first-order valence-electron chi connectivity index (χ1n) is 27.0. The number of para-hydroxylation sites is 1. The van der Waals surface area contributed by atoms with E-state index in [0.29, 0.717) is 62.7 Å². The van der Waals surface area contributed by atoms with Gasteiger partial charge in [-0.1, -0.05) is 84.0 Å². The number of aromatic amines is 1. The highest BCUT2D eigenvalue weighted by Crippen LogP contribution is 2.25. The summed E-state index contributed by atoms with van der Waals surface area (Å²) in [5.74, 6) is -7.23. The van der Waals surface area contributed by atoms with Gasteiger partial charge in [-0.3, -0.25) is 47.9 Å². The van der Waals surface area contributed by atoms with Gasteiger partial charge in [0.15, 0.2) is 0 Å². The predicted molar refractivity (Wildman–Crippen MR) is 305 cm³/mol. The van der Waals surface area contributed by atoms with Crippen LogP contribution < -0.4 is 65.1 Å². The van der Waals surface area contributed by atoms with Crippen LogP contribution in [0.5, 0.6) is 0 Å². The van der Waals surface area contributed by atoms with Crippen LogP contribution in [0, 0.1) is 5.92 Å². The van der Waals surface area contributed by atoms with Crippen molar-refractivity contribution >= 4 is 91.6 Å². The Labute approximate surface area is 469 Å². The third-order valence-corrected chi connectivity index (χ3v) is 15.4. The summed E-state index contributed by atoms with van der Waals surface area (Å²) in [6, 6.07) is 6.13. The van der Waals surface area contributed by atoms with Crippen LogP contribution in [0.2, 0.25) is 0 Å². The maximum absolute atomic E-state index is 14.7. The van der Waals surface area contributed by atoms with Crippen LogP contribution in [0.1, 0.15) is 103 Å². The molecule has 2 aromatic carbocycles. The van der Waals surface area contributed by atoms with Crippen molar-refractivity contribution in [3.05, 3.63) is 71.9 Å². The zero-order valence-corrected chi connectivity index (χ0v) is 47.3. The Morgan fingerprint density at radius 2 is 1.23 bits per heavy atom. The van der Waals surface area contributed by atoms with Gasteiger partial charge in [0.2, 0.25) is 59.1 Å². The molecule has 3 aromatic rings. The average Bonchev–Trinajstić information content (AvgIpc) is 3.89. The van der Waals surface area contributed by atoms with E-state index in [1.165, 1.54) is 13.8 Å². The Morgan fingerprint density at radius 3 is 1.86 bits per heavy atom. The minimum Gasteiger partial charge on any atom is -0.368 e.